The third kappa shape index (κ3) is 1.49. The van der Waals surface area contributed by atoms with E-state index in [1.54, 1.807) is 10.4 Å². The Labute approximate surface area is 108 Å². The van der Waals surface area contributed by atoms with Gasteiger partial charge in [-0.1, -0.05) is 71.0 Å². The van der Waals surface area contributed by atoms with Crippen molar-refractivity contribution in [3.8, 4) is 0 Å². The van der Waals surface area contributed by atoms with Gasteiger partial charge in [0, 0.05) is 0 Å². The lowest BCUT2D eigenvalue weighted by Crippen LogP contribution is -2.57. The average Bonchev–Trinajstić information content (AvgIpc) is 3.08. The maximum absolute atomic E-state index is 5.69. The lowest BCUT2D eigenvalue weighted by Gasteiger charge is -2.29. The molecule has 0 aliphatic carbocycles. The van der Waals surface area contributed by atoms with Gasteiger partial charge in [0.2, 0.25) is 0 Å². The molecule has 2 heterocycles. The third-order valence-electron chi connectivity index (χ3n) is 4.44. The van der Waals surface area contributed by atoms with Crippen molar-refractivity contribution in [2.24, 2.45) is 0 Å². The average molecular weight is 252 g/mol. The molecule has 2 aliphatic rings. The minimum absolute atomic E-state index is 0.553. The van der Waals surface area contributed by atoms with E-state index in [9.17, 15) is 0 Å². The Morgan fingerprint density at radius 3 is 1.61 bits per heavy atom. The van der Waals surface area contributed by atoms with Gasteiger partial charge in [-0.3, -0.25) is 0 Å². The molecule has 2 fully saturated rings. The minimum Gasteiger partial charge on any atom is -0.370 e. The Morgan fingerprint density at radius 2 is 1.17 bits per heavy atom. The van der Waals surface area contributed by atoms with Gasteiger partial charge in [-0.2, -0.15) is 0 Å². The van der Waals surface area contributed by atoms with Crippen molar-refractivity contribution in [3.05, 3.63) is 60.7 Å². The molecular formula is C16H16OSi. The Balaban J connectivity index is 1.85. The smallest absolute Gasteiger partial charge is 0.123 e. The van der Waals surface area contributed by atoms with E-state index in [1.807, 2.05) is 0 Å². The molecule has 0 N–H and O–H groups in total. The van der Waals surface area contributed by atoms with E-state index in [-0.39, 0.29) is 0 Å². The Kier molecular flexibility index (Phi) is 2.23. The van der Waals surface area contributed by atoms with Gasteiger partial charge in [-0.25, -0.2) is 0 Å². The van der Waals surface area contributed by atoms with Gasteiger partial charge >= 0.3 is 0 Å². The highest BCUT2D eigenvalue weighted by Gasteiger charge is 2.58. The van der Waals surface area contributed by atoms with Crippen molar-refractivity contribution in [2.45, 2.75) is 24.3 Å². The first-order valence-electron chi connectivity index (χ1n) is 6.65. The van der Waals surface area contributed by atoms with Crippen molar-refractivity contribution in [1.82, 2.24) is 0 Å². The summed E-state index contributed by atoms with van der Waals surface area (Å²) in [5.74, 6) is 0. The maximum atomic E-state index is 5.69. The molecular weight excluding hydrogens is 236 g/mol. The number of epoxide rings is 1. The van der Waals surface area contributed by atoms with E-state index in [0.717, 1.165) is 0 Å². The minimum atomic E-state index is -1.52. The fourth-order valence-electron chi connectivity index (χ4n) is 3.46. The summed E-state index contributed by atoms with van der Waals surface area (Å²) in [6.45, 7) is 0. The first kappa shape index (κ1) is 10.5. The monoisotopic (exact) mass is 252 g/mol. The van der Waals surface area contributed by atoms with E-state index in [1.165, 1.54) is 12.1 Å². The number of fused-ring (bicyclic) bond motifs is 1. The van der Waals surface area contributed by atoms with Crippen molar-refractivity contribution in [1.29, 1.82) is 0 Å². The summed E-state index contributed by atoms with van der Waals surface area (Å²) in [6, 6.07) is 24.8. The summed E-state index contributed by atoms with van der Waals surface area (Å²) in [5.41, 5.74) is 0. The second kappa shape index (κ2) is 3.80. The highest BCUT2D eigenvalue weighted by atomic mass is 28.3. The predicted octanol–water partition coefficient (Wildman–Crippen LogP) is 2.03. The van der Waals surface area contributed by atoms with Gasteiger partial charge in [0.15, 0.2) is 0 Å². The van der Waals surface area contributed by atoms with E-state index < -0.39 is 8.07 Å². The molecule has 2 aromatic carbocycles. The van der Waals surface area contributed by atoms with Crippen LogP contribution < -0.4 is 10.4 Å². The molecule has 2 atom stereocenters. The van der Waals surface area contributed by atoms with E-state index in [4.69, 9.17) is 4.74 Å². The molecule has 0 spiro atoms. The summed E-state index contributed by atoms with van der Waals surface area (Å²) in [5, 5.41) is 3.15. The van der Waals surface area contributed by atoms with Crippen molar-refractivity contribution >= 4 is 18.4 Å². The fourth-order valence-corrected chi connectivity index (χ4v) is 8.66. The maximum Gasteiger partial charge on any atom is 0.123 e. The Hall–Kier alpha value is -1.38. The van der Waals surface area contributed by atoms with Crippen molar-refractivity contribution < 1.29 is 4.74 Å². The molecule has 90 valence electrons. The second-order valence-electron chi connectivity index (χ2n) is 5.44. The van der Waals surface area contributed by atoms with Gasteiger partial charge < -0.3 is 4.74 Å². The summed E-state index contributed by atoms with van der Waals surface area (Å²) < 4.78 is 5.69. The molecule has 0 saturated carbocycles. The number of hydrogen-bond donors (Lipinski definition) is 0. The molecule has 2 heteroatoms. The van der Waals surface area contributed by atoms with Gasteiger partial charge in [0.05, 0.1) is 12.2 Å². The highest BCUT2D eigenvalue weighted by Crippen LogP contribution is 2.44. The van der Waals surface area contributed by atoms with Crippen LogP contribution in [-0.4, -0.2) is 20.3 Å². The van der Waals surface area contributed by atoms with Crippen LogP contribution >= 0.6 is 0 Å². The predicted molar refractivity (Wildman–Crippen MR) is 76.2 cm³/mol. The van der Waals surface area contributed by atoms with Crippen LogP contribution in [0.15, 0.2) is 60.7 Å². The number of benzene rings is 2. The topological polar surface area (TPSA) is 12.5 Å². The van der Waals surface area contributed by atoms with Crippen LogP contribution in [0.2, 0.25) is 12.1 Å². The lowest BCUT2D eigenvalue weighted by atomic mass is 10.4. The number of rotatable bonds is 2. The Bertz CT molecular complexity index is 500. The zero-order valence-electron chi connectivity index (χ0n) is 10.3. The molecule has 0 bridgehead atoms. The fraction of sp³-hybridized carbons (Fsp3) is 0.250. The van der Waals surface area contributed by atoms with Crippen LogP contribution in [-0.2, 0) is 4.74 Å². The molecule has 1 nitrogen and oxygen atoms in total. The first-order chi connectivity index (χ1) is 8.88. The molecule has 0 radical (unpaired) electrons. The molecule has 2 aromatic rings. The van der Waals surface area contributed by atoms with Crippen LogP contribution in [0.1, 0.15) is 0 Å². The van der Waals surface area contributed by atoms with Crippen molar-refractivity contribution in [3.63, 3.8) is 0 Å². The summed E-state index contributed by atoms with van der Waals surface area (Å²) >= 11 is 0. The SMILES string of the molecule is c1ccc([Si]2(c3ccccc3)CC3OC3C2)cc1. The van der Waals surface area contributed by atoms with Crippen LogP contribution in [0.3, 0.4) is 0 Å². The molecule has 0 aromatic heterocycles. The highest BCUT2D eigenvalue weighted by molar-refractivity contribution is 7.03. The van der Waals surface area contributed by atoms with E-state index in [2.05, 4.69) is 60.7 Å². The zero-order chi connectivity index (χ0) is 12.0. The van der Waals surface area contributed by atoms with Crippen LogP contribution in [0.25, 0.3) is 0 Å². The molecule has 0 amide bonds. The third-order valence-corrected chi connectivity index (χ3v) is 9.52. The molecule has 2 aliphatic heterocycles. The molecule has 2 unspecified atom stereocenters. The van der Waals surface area contributed by atoms with Crippen molar-refractivity contribution in [2.75, 3.05) is 0 Å². The number of ether oxygens (including phenoxy) is 1. The summed E-state index contributed by atoms with van der Waals surface area (Å²) in [6.07, 6.45) is 1.11. The van der Waals surface area contributed by atoms with Gasteiger partial charge in [0.25, 0.3) is 0 Å². The first-order valence-corrected chi connectivity index (χ1v) is 9.06. The van der Waals surface area contributed by atoms with E-state index in [0.29, 0.717) is 12.2 Å². The van der Waals surface area contributed by atoms with Crippen LogP contribution in [0.5, 0.6) is 0 Å². The second-order valence-corrected chi connectivity index (χ2v) is 9.57. The van der Waals surface area contributed by atoms with Gasteiger partial charge in [-0.15, -0.1) is 0 Å². The largest absolute Gasteiger partial charge is 0.370 e. The van der Waals surface area contributed by atoms with Gasteiger partial charge in [-0.05, 0) is 12.1 Å². The van der Waals surface area contributed by atoms with Gasteiger partial charge in [0.1, 0.15) is 8.07 Å². The molecule has 4 rings (SSSR count). The normalized spacial score (nSPS) is 27.8. The van der Waals surface area contributed by atoms with E-state index >= 15 is 0 Å². The standard InChI is InChI=1S/C16H16OSi/c1-3-7-13(8-4-1)18(11-15-16(12-18)17-15)14-9-5-2-6-10-14/h1-10,15-16H,11-12H2. The molecule has 2 saturated heterocycles. The lowest BCUT2D eigenvalue weighted by molar-refractivity contribution is 0.378. The van der Waals surface area contributed by atoms with Crippen LogP contribution in [0.4, 0.5) is 0 Å². The molecule has 18 heavy (non-hydrogen) atoms. The summed E-state index contributed by atoms with van der Waals surface area (Å²) in [4.78, 5) is 0. The zero-order valence-corrected chi connectivity index (χ0v) is 11.3. The number of hydrogen-bond acceptors (Lipinski definition) is 1. The van der Waals surface area contributed by atoms with Crippen LogP contribution in [0, 0.1) is 0 Å². The quantitative estimate of drug-likeness (QED) is 0.588. The summed E-state index contributed by atoms with van der Waals surface area (Å²) in [7, 11) is -1.52. The Morgan fingerprint density at radius 1 is 0.722 bits per heavy atom.